The second kappa shape index (κ2) is 12.2. The molecule has 5 bridgehead atoms. The average molecular weight is 576 g/mol. The predicted molar refractivity (Wildman–Crippen MR) is 158 cm³/mol. The van der Waals surface area contributed by atoms with Crippen LogP contribution in [0.1, 0.15) is 83.6 Å². The lowest BCUT2D eigenvalue weighted by Gasteiger charge is -2.35. The number of carbonyl (C=O) groups is 4. The number of carbonyl (C=O) groups excluding carboxylic acids is 4. The zero-order chi connectivity index (χ0) is 30.0. The third kappa shape index (κ3) is 6.18. The number of esters is 1. The molecular formula is C32H41N5O5. The third-order valence-electron chi connectivity index (χ3n) is 8.69. The van der Waals surface area contributed by atoms with E-state index in [9.17, 15) is 19.2 Å². The Morgan fingerprint density at radius 3 is 2.48 bits per heavy atom. The van der Waals surface area contributed by atoms with Crippen LogP contribution in [0.15, 0.2) is 36.4 Å². The maximum absolute atomic E-state index is 13.8. The Labute approximate surface area is 246 Å². The van der Waals surface area contributed by atoms with E-state index in [0.717, 1.165) is 29.3 Å². The predicted octanol–water partition coefficient (Wildman–Crippen LogP) is 3.57. The van der Waals surface area contributed by atoms with Crippen LogP contribution in [0.5, 0.6) is 0 Å². The van der Waals surface area contributed by atoms with E-state index >= 15 is 0 Å². The van der Waals surface area contributed by atoms with Crippen molar-refractivity contribution in [3.8, 4) is 0 Å². The number of rotatable bonds is 1. The van der Waals surface area contributed by atoms with Crippen molar-refractivity contribution in [3.05, 3.63) is 47.7 Å². The van der Waals surface area contributed by atoms with E-state index in [2.05, 4.69) is 16.1 Å². The van der Waals surface area contributed by atoms with Crippen LogP contribution in [0.3, 0.4) is 0 Å². The van der Waals surface area contributed by atoms with Gasteiger partial charge < -0.3 is 15.4 Å². The number of nitrogens with zero attached hydrogens (tertiary/aromatic N) is 2. The van der Waals surface area contributed by atoms with E-state index in [4.69, 9.17) is 9.72 Å². The minimum atomic E-state index is -0.867. The first kappa shape index (κ1) is 29.7. The molecule has 5 rings (SSSR count). The fourth-order valence-electron chi connectivity index (χ4n) is 6.06. The monoisotopic (exact) mass is 575 g/mol. The van der Waals surface area contributed by atoms with Crippen molar-refractivity contribution in [3.63, 3.8) is 0 Å². The highest BCUT2D eigenvalue weighted by Gasteiger charge is 2.41. The fraction of sp³-hybridized carbons (Fsp3) is 0.531. The molecule has 224 valence electrons. The lowest BCUT2D eigenvalue weighted by Crippen LogP contribution is -2.61. The second-order valence-electron chi connectivity index (χ2n) is 12.2. The Morgan fingerprint density at radius 1 is 1.00 bits per heavy atom. The number of aromatic nitrogens is 1. The number of cyclic esters (lactones) is 1. The summed E-state index contributed by atoms with van der Waals surface area (Å²) in [4.78, 5) is 58.4. The molecule has 1 aromatic carbocycles. The van der Waals surface area contributed by atoms with E-state index in [-0.39, 0.29) is 17.7 Å². The van der Waals surface area contributed by atoms with Gasteiger partial charge in [0.25, 0.3) is 5.91 Å². The van der Waals surface area contributed by atoms with Crippen LogP contribution >= 0.6 is 0 Å². The maximum Gasteiger partial charge on any atom is 0.325 e. The summed E-state index contributed by atoms with van der Waals surface area (Å²) in [5.41, 5.74) is 4.54. The number of amides is 3. The number of hydrogen-bond acceptors (Lipinski definition) is 7. The van der Waals surface area contributed by atoms with Gasteiger partial charge in [-0.15, -0.1) is 0 Å². The normalized spacial score (nSPS) is 28.1. The summed E-state index contributed by atoms with van der Waals surface area (Å²) < 4.78 is 5.78. The van der Waals surface area contributed by atoms with Crippen LogP contribution in [0.25, 0.3) is 17.0 Å². The Morgan fingerprint density at radius 2 is 1.74 bits per heavy atom. The first-order chi connectivity index (χ1) is 20.1. The highest BCUT2D eigenvalue weighted by Crippen LogP contribution is 2.40. The molecule has 0 radical (unpaired) electrons. The van der Waals surface area contributed by atoms with Gasteiger partial charge in [0.2, 0.25) is 11.8 Å². The molecule has 3 amide bonds. The molecule has 1 aliphatic carbocycles. The van der Waals surface area contributed by atoms with Gasteiger partial charge in [-0.25, -0.2) is 10.4 Å². The van der Waals surface area contributed by atoms with Crippen LogP contribution in [0.4, 0.5) is 0 Å². The maximum atomic E-state index is 13.8. The molecule has 10 nitrogen and oxygen atoms in total. The largest absolute Gasteiger partial charge is 0.455 e. The standard InChI is InChI=1S/C32H41N5O5/c1-19(2)27-28(38)33-20(3)29(39)37-17-7-8-25(36-37)30(40)42-21(4)24-12-11-23-10-9-22(18-26(23)34-24)13-16-32(31(41)35-27)14-5-6-15-32/h9-13,16,18-21,25,27,36H,5-8,14-15,17H2,1-4H3,(H,33,38)(H,35,41)/b16-13+/t20?,21-,25?,27?/m1/s1. The molecule has 3 aliphatic rings. The highest BCUT2D eigenvalue weighted by molar-refractivity contribution is 5.94. The van der Waals surface area contributed by atoms with E-state index in [1.807, 2.05) is 56.3 Å². The first-order valence-electron chi connectivity index (χ1n) is 15.1. The Balaban J connectivity index is 1.52. The SMILES string of the molecule is CC1NC(=O)C(C(C)C)NC(=O)C2(/C=C/c3ccc4ccc(nc4c3)[C@@H](C)OC(=O)C3CCCN(N3)C1=O)CCCC2. The molecule has 2 fully saturated rings. The van der Waals surface area contributed by atoms with Gasteiger partial charge in [-0.2, -0.15) is 0 Å². The van der Waals surface area contributed by atoms with E-state index in [0.29, 0.717) is 37.9 Å². The molecule has 4 atom stereocenters. The molecule has 2 aromatic rings. The molecule has 1 aromatic heterocycles. The zero-order valence-electron chi connectivity index (χ0n) is 24.8. The van der Waals surface area contributed by atoms with Crippen molar-refractivity contribution in [1.82, 2.24) is 26.1 Å². The Kier molecular flexibility index (Phi) is 8.63. The third-order valence-corrected chi connectivity index (χ3v) is 8.69. The average Bonchev–Trinajstić information content (AvgIpc) is 3.47. The van der Waals surface area contributed by atoms with Gasteiger partial charge in [0, 0.05) is 11.9 Å². The molecule has 1 saturated heterocycles. The van der Waals surface area contributed by atoms with Crippen molar-refractivity contribution in [1.29, 1.82) is 0 Å². The van der Waals surface area contributed by atoms with Gasteiger partial charge in [-0.1, -0.05) is 57.0 Å². The minimum Gasteiger partial charge on any atom is -0.455 e. The lowest BCUT2D eigenvalue weighted by molar-refractivity contribution is -0.157. The van der Waals surface area contributed by atoms with Crippen LogP contribution in [0.2, 0.25) is 0 Å². The number of nitrogens with one attached hydrogen (secondary N) is 3. The zero-order valence-corrected chi connectivity index (χ0v) is 24.8. The smallest absolute Gasteiger partial charge is 0.325 e. The number of fused-ring (bicyclic) bond motifs is 4. The molecule has 2 aliphatic heterocycles. The van der Waals surface area contributed by atoms with Crippen molar-refractivity contribution in [2.45, 2.75) is 90.4 Å². The Hall–Kier alpha value is -3.79. The quantitative estimate of drug-likeness (QED) is 0.444. The molecule has 42 heavy (non-hydrogen) atoms. The molecule has 1 spiro atoms. The van der Waals surface area contributed by atoms with Gasteiger partial charge >= 0.3 is 5.97 Å². The number of ether oxygens (including phenoxy) is 1. The van der Waals surface area contributed by atoms with Gasteiger partial charge in [0.15, 0.2) is 0 Å². The van der Waals surface area contributed by atoms with Gasteiger partial charge in [-0.3, -0.25) is 24.2 Å². The lowest BCUT2D eigenvalue weighted by atomic mass is 9.83. The fourth-order valence-corrected chi connectivity index (χ4v) is 6.06. The van der Waals surface area contributed by atoms with Crippen LogP contribution in [0, 0.1) is 11.3 Å². The number of hydrazine groups is 1. The summed E-state index contributed by atoms with van der Waals surface area (Å²) in [5, 5.41) is 8.14. The summed E-state index contributed by atoms with van der Waals surface area (Å²) in [6, 6.07) is 7.36. The number of benzene rings is 1. The molecule has 1 saturated carbocycles. The summed E-state index contributed by atoms with van der Waals surface area (Å²) >= 11 is 0. The Bertz CT molecular complexity index is 1400. The number of hydrogen-bond donors (Lipinski definition) is 3. The molecule has 3 N–H and O–H groups in total. The molecular weight excluding hydrogens is 534 g/mol. The van der Waals surface area contributed by atoms with Crippen LogP contribution in [-0.2, 0) is 23.9 Å². The van der Waals surface area contributed by atoms with E-state index in [1.165, 1.54) is 5.01 Å². The molecule has 3 heterocycles. The van der Waals surface area contributed by atoms with Crippen molar-refractivity contribution < 1.29 is 23.9 Å². The summed E-state index contributed by atoms with van der Waals surface area (Å²) in [6.45, 7) is 7.52. The van der Waals surface area contributed by atoms with Crippen molar-refractivity contribution in [2.75, 3.05) is 6.54 Å². The van der Waals surface area contributed by atoms with Gasteiger partial charge in [0.05, 0.1) is 16.6 Å². The molecule has 3 unspecified atom stereocenters. The van der Waals surface area contributed by atoms with E-state index in [1.54, 1.807) is 13.8 Å². The summed E-state index contributed by atoms with van der Waals surface area (Å²) in [7, 11) is 0. The van der Waals surface area contributed by atoms with Gasteiger partial charge in [-0.05, 0) is 63.1 Å². The van der Waals surface area contributed by atoms with Crippen molar-refractivity contribution >= 4 is 40.7 Å². The van der Waals surface area contributed by atoms with Gasteiger partial charge in [0.1, 0.15) is 24.2 Å². The number of pyridine rings is 1. The highest BCUT2D eigenvalue weighted by atomic mass is 16.5. The summed E-state index contributed by atoms with van der Waals surface area (Å²) in [6.07, 6.45) is 7.67. The van der Waals surface area contributed by atoms with Crippen LogP contribution in [-0.4, -0.2) is 58.4 Å². The first-order valence-corrected chi connectivity index (χ1v) is 15.1. The minimum absolute atomic E-state index is 0.179. The second-order valence-corrected chi connectivity index (χ2v) is 12.2. The molecule has 10 heteroatoms. The van der Waals surface area contributed by atoms with Crippen LogP contribution < -0.4 is 16.1 Å². The summed E-state index contributed by atoms with van der Waals surface area (Å²) in [5.74, 6) is -1.63. The van der Waals surface area contributed by atoms with Crippen molar-refractivity contribution in [2.24, 2.45) is 11.3 Å². The van der Waals surface area contributed by atoms with E-state index < -0.39 is 41.5 Å². The topological polar surface area (TPSA) is 130 Å².